The lowest BCUT2D eigenvalue weighted by Gasteiger charge is -2.20. The maximum atomic E-state index is 12.1. The maximum Gasteiger partial charge on any atom is 0.242 e. The molecule has 1 aliphatic carbocycles. The number of halogens is 1. The molecule has 2 amide bonds. The van der Waals surface area contributed by atoms with Crippen LogP contribution in [0.4, 0.5) is 5.69 Å². The van der Waals surface area contributed by atoms with Crippen molar-refractivity contribution in [2.75, 3.05) is 31.6 Å². The number of carbonyl (C=O) groups is 2. The number of aliphatic imine (C=N–C) groups is 1. The van der Waals surface area contributed by atoms with Crippen molar-refractivity contribution >= 4 is 47.4 Å². The van der Waals surface area contributed by atoms with Crippen molar-refractivity contribution in [3.8, 4) is 11.5 Å². The Hall–Kier alpha value is -2.24. The summed E-state index contributed by atoms with van der Waals surface area (Å²) in [5, 5.41) is 11.9. The summed E-state index contributed by atoms with van der Waals surface area (Å²) in [5.74, 6) is 1.36. The number of fused-ring (bicyclic) bond motifs is 1. The predicted octanol–water partition coefficient (Wildman–Crippen LogP) is 2.02. The minimum Gasteiger partial charge on any atom is -0.490 e. The topological polar surface area (TPSA) is 113 Å². The van der Waals surface area contributed by atoms with Crippen molar-refractivity contribution in [3.05, 3.63) is 18.2 Å². The Bertz CT molecular complexity index is 805. The van der Waals surface area contributed by atoms with Crippen LogP contribution in [-0.4, -0.2) is 55.7 Å². The molecule has 1 fully saturated rings. The number of rotatable bonds is 6. The minimum atomic E-state index is -0.341. The minimum absolute atomic E-state index is 0. The number of guanidine groups is 1. The van der Waals surface area contributed by atoms with Gasteiger partial charge in [0.2, 0.25) is 11.8 Å². The quantitative estimate of drug-likeness (QED) is 0.247. The zero-order valence-corrected chi connectivity index (χ0v) is 20.6. The van der Waals surface area contributed by atoms with Gasteiger partial charge in [-0.3, -0.25) is 9.59 Å². The van der Waals surface area contributed by atoms with Crippen LogP contribution in [0.3, 0.4) is 0 Å². The summed E-state index contributed by atoms with van der Waals surface area (Å²) in [5.41, 5.74) is 0.371. The molecule has 31 heavy (non-hydrogen) atoms. The van der Waals surface area contributed by atoms with Gasteiger partial charge in [-0.15, -0.1) is 24.0 Å². The Balaban J connectivity index is 0.00000341. The van der Waals surface area contributed by atoms with Crippen LogP contribution in [0, 0.1) is 0 Å². The summed E-state index contributed by atoms with van der Waals surface area (Å²) in [7, 11) is 0. The molecule has 0 aromatic heterocycles. The van der Waals surface area contributed by atoms with Crippen molar-refractivity contribution in [2.45, 2.75) is 51.6 Å². The number of hydrogen-bond acceptors (Lipinski definition) is 5. The third kappa shape index (κ3) is 9.19. The molecule has 0 saturated heterocycles. The number of amides is 2. The molecule has 9 nitrogen and oxygen atoms in total. The summed E-state index contributed by atoms with van der Waals surface area (Å²) in [6, 6.07) is 5.76. The van der Waals surface area contributed by atoms with Gasteiger partial charge in [-0.25, -0.2) is 4.99 Å². The molecule has 1 saturated carbocycles. The first kappa shape index (κ1) is 25.0. The van der Waals surface area contributed by atoms with Crippen molar-refractivity contribution < 1.29 is 19.1 Å². The van der Waals surface area contributed by atoms with Crippen molar-refractivity contribution in [2.24, 2.45) is 4.99 Å². The first-order chi connectivity index (χ1) is 14.3. The van der Waals surface area contributed by atoms with E-state index in [1.807, 2.05) is 39.0 Å². The molecule has 1 aromatic carbocycles. The SMILES string of the molecule is CC(C)(C)NC(=O)CN=C(NCC(=O)NC1CC1)Nc1ccc2c(c1)OCCCO2.I. The molecular weight excluding hydrogens is 513 g/mol. The van der Waals surface area contributed by atoms with Crippen LogP contribution in [-0.2, 0) is 9.59 Å². The maximum absolute atomic E-state index is 12.1. The van der Waals surface area contributed by atoms with Crippen molar-refractivity contribution in [1.82, 2.24) is 16.0 Å². The van der Waals surface area contributed by atoms with Crippen molar-refractivity contribution in [1.29, 1.82) is 0 Å². The van der Waals surface area contributed by atoms with Crippen LogP contribution in [0.1, 0.15) is 40.0 Å². The second kappa shape index (κ2) is 11.4. The molecular formula is C21H32IN5O4. The van der Waals surface area contributed by atoms with E-state index in [1.165, 1.54) is 0 Å². The Morgan fingerprint density at radius 1 is 1.10 bits per heavy atom. The number of anilines is 1. The van der Waals surface area contributed by atoms with Gasteiger partial charge in [-0.05, 0) is 45.7 Å². The number of nitrogens with one attached hydrogen (secondary N) is 4. The Labute approximate surface area is 200 Å². The Morgan fingerprint density at radius 2 is 1.81 bits per heavy atom. The summed E-state index contributed by atoms with van der Waals surface area (Å²) in [6.07, 6.45) is 2.87. The van der Waals surface area contributed by atoms with Gasteiger partial charge >= 0.3 is 0 Å². The highest BCUT2D eigenvalue weighted by atomic mass is 127. The number of ether oxygens (including phenoxy) is 2. The van der Waals surface area contributed by atoms with Gasteiger partial charge in [0.1, 0.15) is 6.54 Å². The molecule has 4 N–H and O–H groups in total. The number of carbonyl (C=O) groups excluding carboxylic acids is 2. The second-order valence-corrected chi connectivity index (χ2v) is 8.50. The fourth-order valence-corrected chi connectivity index (χ4v) is 2.80. The Morgan fingerprint density at radius 3 is 2.48 bits per heavy atom. The predicted molar refractivity (Wildman–Crippen MR) is 130 cm³/mol. The van der Waals surface area contributed by atoms with Crippen LogP contribution in [0.5, 0.6) is 11.5 Å². The fourth-order valence-electron chi connectivity index (χ4n) is 2.80. The van der Waals surface area contributed by atoms with Crippen LogP contribution >= 0.6 is 24.0 Å². The first-order valence-electron chi connectivity index (χ1n) is 10.3. The van der Waals surface area contributed by atoms with Gasteiger partial charge in [0.25, 0.3) is 0 Å². The van der Waals surface area contributed by atoms with Gasteiger partial charge in [-0.1, -0.05) is 0 Å². The van der Waals surface area contributed by atoms with E-state index in [2.05, 4.69) is 26.3 Å². The lowest BCUT2D eigenvalue weighted by atomic mass is 10.1. The summed E-state index contributed by atoms with van der Waals surface area (Å²) in [4.78, 5) is 28.5. The van der Waals surface area contributed by atoms with E-state index in [0.717, 1.165) is 19.3 Å². The van der Waals surface area contributed by atoms with Gasteiger partial charge in [-0.2, -0.15) is 0 Å². The molecule has 10 heteroatoms. The molecule has 1 aliphatic heterocycles. The molecule has 1 aromatic rings. The molecule has 0 bridgehead atoms. The van der Waals surface area contributed by atoms with Gasteiger partial charge in [0, 0.05) is 29.8 Å². The lowest BCUT2D eigenvalue weighted by molar-refractivity contribution is -0.121. The van der Waals surface area contributed by atoms with E-state index in [1.54, 1.807) is 0 Å². The third-order valence-corrected chi connectivity index (χ3v) is 4.26. The highest BCUT2D eigenvalue weighted by Crippen LogP contribution is 2.32. The molecule has 0 atom stereocenters. The van der Waals surface area contributed by atoms with E-state index < -0.39 is 0 Å². The average molecular weight is 545 g/mol. The third-order valence-electron chi connectivity index (χ3n) is 4.26. The van der Waals surface area contributed by atoms with E-state index in [9.17, 15) is 9.59 Å². The van der Waals surface area contributed by atoms with Crippen molar-refractivity contribution in [3.63, 3.8) is 0 Å². The molecule has 1 heterocycles. The number of benzene rings is 1. The van der Waals surface area contributed by atoms with E-state index in [-0.39, 0.29) is 60.5 Å². The molecule has 0 spiro atoms. The fraction of sp³-hybridized carbons (Fsp3) is 0.571. The van der Waals surface area contributed by atoms with Crippen LogP contribution in [0.2, 0.25) is 0 Å². The molecule has 0 unspecified atom stereocenters. The zero-order valence-electron chi connectivity index (χ0n) is 18.2. The van der Waals surface area contributed by atoms with Crippen LogP contribution in [0.25, 0.3) is 0 Å². The molecule has 172 valence electrons. The van der Waals surface area contributed by atoms with Crippen LogP contribution in [0.15, 0.2) is 23.2 Å². The lowest BCUT2D eigenvalue weighted by Crippen LogP contribution is -2.43. The molecule has 3 rings (SSSR count). The van der Waals surface area contributed by atoms with Gasteiger partial charge in [0.05, 0.1) is 19.8 Å². The van der Waals surface area contributed by atoms with Crippen LogP contribution < -0.4 is 30.7 Å². The molecule has 0 radical (unpaired) electrons. The molecule has 2 aliphatic rings. The highest BCUT2D eigenvalue weighted by Gasteiger charge is 2.23. The summed E-state index contributed by atoms with van der Waals surface area (Å²) < 4.78 is 11.4. The second-order valence-electron chi connectivity index (χ2n) is 8.50. The largest absolute Gasteiger partial charge is 0.490 e. The standard InChI is InChI=1S/C21H31N5O4.HI/c1-21(2,3)26-19(28)13-23-20(22-12-18(27)24-14-5-6-14)25-15-7-8-16-17(11-15)30-10-4-9-29-16;/h7-8,11,14H,4-6,9-10,12-13H2,1-3H3,(H,24,27)(H,26,28)(H2,22,23,25);1H. The van der Waals surface area contributed by atoms with E-state index in [0.29, 0.717) is 36.4 Å². The summed E-state index contributed by atoms with van der Waals surface area (Å²) >= 11 is 0. The smallest absolute Gasteiger partial charge is 0.242 e. The van der Waals surface area contributed by atoms with E-state index >= 15 is 0 Å². The van der Waals surface area contributed by atoms with Gasteiger partial charge in [0.15, 0.2) is 17.5 Å². The summed E-state index contributed by atoms with van der Waals surface area (Å²) in [6.45, 7) is 6.93. The number of hydrogen-bond donors (Lipinski definition) is 4. The normalized spacial score (nSPS) is 15.8. The monoisotopic (exact) mass is 545 g/mol. The Kier molecular flexibility index (Phi) is 9.20. The zero-order chi connectivity index (χ0) is 21.6. The highest BCUT2D eigenvalue weighted by molar-refractivity contribution is 14.0. The van der Waals surface area contributed by atoms with E-state index in [4.69, 9.17) is 9.47 Å². The number of nitrogens with zero attached hydrogens (tertiary/aromatic N) is 1. The average Bonchev–Trinajstić information content (AvgIpc) is 3.49. The first-order valence-corrected chi connectivity index (χ1v) is 10.3. The van der Waals surface area contributed by atoms with Gasteiger partial charge < -0.3 is 30.7 Å².